The Morgan fingerprint density at radius 3 is 2.95 bits per heavy atom. The van der Waals surface area contributed by atoms with Crippen molar-refractivity contribution in [3.63, 3.8) is 0 Å². The van der Waals surface area contributed by atoms with Crippen LogP contribution in [0.2, 0.25) is 0 Å². The largest absolute Gasteiger partial charge is 0.383 e. The van der Waals surface area contributed by atoms with Crippen molar-refractivity contribution >= 4 is 11.7 Å². The standard InChI is InChI=1S/C14H22N4O/c15-14-12(5-3-7-16-14)11-17-13(19)6-4-10-18-8-1-2-9-18/h3,5,7H,1-2,4,6,8-11H2,(H2,15,16)(H,17,19). The predicted molar refractivity (Wildman–Crippen MR) is 75.4 cm³/mol. The van der Waals surface area contributed by atoms with Crippen molar-refractivity contribution in [2.45, 2.75) is 32.2 Å². The van der Waals surface area contributed by atoms with Gasteiger partial charge in [-0.1, -0.05) is 6.07 Å². The number of hydrogen-bond acceptors (Lipinski definition) is 4. The van der Waals surface area contributed by atoms with Crippen molar-refractivity contribution in [2.24, 2.45) is 0 Å². The molecular weight excluding hydrogens is 240 g/mol. The molecule has 0 aliphatic carbocycles. The monoisotopic (exact) mass is 262 g/mol. The van der Waals surface area contributed by atoms with Crippen LogP contribution in [0.25, 0.3) is 0 Å². The van der Waals surface area contributed by atoms with Crippen LogP contribution in [-0.2, 0) is 11.3 Å². The lowest BCUT2D eigenvalue weighted by Crippen LogP contribution is -2.26. The average Bonchev–Trinajstić information content (AvgIpc) is 2.91. The number of carbonyl (C=O) groups is 1. The number of nitrogens with zero attached hydrogens (tertiary/aromatic N) is 2. The summed E-state index contributed by atoms with van der Waals surface area (Å²) in [7, 11) is 0. The molecule has 0 atom stereocenters. The van der Waals surface area contributed by atoms with Crippen LogP contribution in [0, 0.1) is 0 Å². The van der Waals surface area contributed by atoms with E-state index in [4.69, 9.17) is 5.73 Å². The lowest BCUT2D eigenvalue weighted by Gasteiger charge is -2.13. The second kappa shape index (κ2) is 7.09. The van der Waals surface area contributed by atoms with Crippen LogP contribution in [0.3, 0.4) is 0 Å². The summed E-state index contributed by atoms with van der Waals surface area (Å²) in [4.78, 5) is 18.1. The SMILES string of the molecule is Nc1ncccc1CNC(=O)CCCN1CCCC1. The van der Waals surface area contributed by atoms with Crippen LogP contribution in [-0.4, -0.2) is 35.4 Å². The van der Waals surface area contributed by atoms with Crippen LogP contribution >= 0.6 is 0 Å². The zero-order valence-electron chi connectivity index (χ0n) is 11.3. The fourth-order valence-electron chi connectivity index (χ4n) is 2.35. The van der Waals surface area contributed by atoms with E-state index in [0.29, 0.717) is 18.8 Å². The van der Waals surface area contributed by atoms with Crippen LogP contribution < -0.4 is 11.1 Å². The van der Waals surface area contributed by atoms with Crippen LogP contribution in [0.4, 0.5) is 5.82 Å². The second-order valence-corrected chi connectivity index (χ2v) is 4.98. The van der Waals surface area contributed by atoms with Crippen molar-refractivity contribution in [1.29, 1.82) is 0 Å². The first-order chi connectivity index (χ1) is 9.25. The van der Waals surface area contributed by atoms with Gasteiger partial charge in [-0.2, -0.15) is 0 Å². The number of carbonyl (C=O) groups excluding carboxylic acids is 1. The Balaban J connectivity index is 1.63. The molecule has 0 radical (unpaired) electrons. The van der Waals surface area contributed by atoms with Gasteiger partial charge in [0.2, 0.25) is 5.91 Å². The van der Waals surface area contributed by atoms with E-state index in [2.05, 4.69) is 15.2 Å². The third kappa shape index (κ3) is 4.52. The Labute approximate surface area is 114 Å². The van der Waals surface area contributed by atoms with E-state index in [1.165, 1.54) is 25.9 Å². The van der Waals surface area contributed by atoms with E-state index in [0.717, 1.165) is 18.5 Å². The highest BCUT2D eigenvalue weighted by Crippen LogP contribution is 2.09. The summed E-state index contributed by atoms with van der Waals surface area (Å²) < 4.78 is 0. The first-order valence-corrected chi connectivity index (χ1v) is 6.94. The van der Waals surface area contributed by atoms with Gasteiger partial charge in [0.25, 0.3) is 0 Å². The van der Waals surface area contributed by atoms with Crippen molar-refractivity contribution in [2.75, 3.05) is 25.4 Å². The topological polar surface area (TPSA) is 71.2 Å². The molecule has 5 heteroatoms. The number of aromatic nitrogens is 1. The molecule has 1 amide bonds. The molecule has 0 aromatic carbocycles. The zero-order valence-corrected chi connectivity index (χ0v) is 11.3. The number of nitrogens with two attached hydrogens (primary N) is 1. The quantitative estimate of drug-likeness (QED) is 0.807. The lowest BCUT2D eigenvalue weighted by atomic mass is 10.2. The zero-order chi connectivity index (χ0) is 13.5. The van der Waals surface area contributed by atoms with Gasteiger partial charge in [0.05, 0.1) is 0 Å². The maximum Gasteiger partial charge on any atom is 0.220 e. The van der Waals surface area contributed by atoms with Gasteiger partial charge in [-0.05, 0) is 45.0 Å². The van der Waals surface area contributed by atoms with Gasteiger partial charge in [-0.3, -0.25) is 4.79 Å². The fraction of sp³-hybridized carbons (Fsp3) is 0.571. The molecule has 0 unspecified atom stereocenters. The molecule has 2 heterocycles. The maximum absolute atomic E-state index is 11.7. The first-order valence-electron chi connectivity index (χ1n) is 6.94. The molecule has 1 aliphatic heterocycles. The summed E-state index contributed by atoms with van der Waals surface area (Å²) in [5, 5.41) is 2.89. The van der Waals surface area contributed by atoms with Gasteiger partial charge < -0.3 is 16.0 Å². The molecular formula is C14H22N4O. The molecule has 0 saturated carbocycles. The number of pyridine rings is 1. The van der Waals surface area contributed by atoms with E-state index in [1.54, 1.807) is 6.20 Å². The number of rotatable bonds is 6. The minimum Gasteiger partial charge on any atom is -0.383 e. The number of nitrogen functional groups attached to an aromatic ring is 1. The van der Waals surface area contributed by atoms with Crippen molar-refractivity contribution in [3.05, 3.63) is 23.9 Å². The first kappa shape index (κ1) is 13.8. The normalized spacial score (nSPS) is 15.6. The Kier molecular flexibility index (Phi) is 5.15. The summed E-state index contributed by atoms with van der Waals surface area (Å²) in [6.45, 7) is 3.87. The van der Waals surface area contributed by atoms with E-state index in [1.807, 2.05) is 12.1 Å². The van der Waals surface area contributed by atoms with Crippen LogP contribution in [0.1, 0.15) is 31.2 Å². The number of anilines is 1. The second-order valence-electron chi connectivity index (χ2n) is 4.98. The summed E-state index contributed by atoms with van der Waals surface area (Å²) in [6.07, 6.45) is 5.75. The molecule has 1 saturated heterocycles. The Bertz CT molecular complexity index is 416. The highest BCUT2D eigenvalue weighted by Gasteiger charge is 2.11. The maximum atomic E-state index is 11.7. The average molecular weight is 262 g/mol. The molecule has 0 bridgehead atoms. The molecule has 2 rings (SSSR count). The van der Waals surface area contributed by atoms with Crippen molar-refractivity contribution in [3.8, 4) is 0 Å². The summed E-state index contributed by atoms with van der Waals surface area (Å²) in [5.74, 6) is 0.572. The minimum absolute atomic E-state index is 0.0856. The van der Waals surface area contributed by atoms with Crippen molar-refractivity contribution in [1.82, 2.24) is 15.2 Å². The van der Waals surface area contributed by atoms with Crippen LogP contribution in [0.5, 0.6) is 0 Å². The van der Waals surface area contributed by atoms with Gasteiger partial charge in [-0.25, -0.2) is 4.98 Å². The lowest BCUT2D eigenvalue weighted by molar-refractivity contribution is -0.121. The van der Waals surface area contributed by atoms with E-state index in [9.17, 15) is 4.79 Å². The Morgan fingerprint density at radius 1 is 1.42 bits per heavy atom. The number of likely N-dealkylation sites (tertiary alicyclic amines) is 1. The van der Waals surface area contributed by atoms with E-state index >= 15 is 0 Å². The molecule has 3 N–H and O–H groups in total. The number of amides is 1. The molecule has 19 heavy (non-hydrogen) atoms. The predicted octanol–water partition coefficient (Wildman–Crippen LogP) is 1.16. The third-order valence-electron chi connectivity index (χ3n) is 3.48. The fourth-order valence-corrected chi connectivity index (χ4v) is 2.35. The summed E-state index contributed by atoms with van der Waals surface area (Å²) >= 11 is 0. The van der Waals surface area contributed by atoms with Crippen molar-refractivity contribution < 1.29 is 4.79 Å². The number of nitrogens with one attached hydrogen (secondary N) is 1. The third-order valence-corrected chi connectivity index (χ3v) is 3.48. The molecule has 1 fully saturated rings. The molecule has 0 spiro atoms. The Hall–Kier alpha value is -1.62. The smallest absolute Gasteiger partial charge is 0.220 e. The molecule has 1 aromatic heterocycles. The molecule has 1 aromatic rings. The molecule has 5 nitrogen and oxygen atoms in total. The van der Waals surface area contributed by atoms with Gasteiger partial charge in [-0.15, -0.1) is 0 Å². The van der Waals surface area contributed by atoms with Gasteiger partial charge in [0.15, 0.2) is 0 Å². The molecule has 104 valence electrons. The summed E-state index contributed by atoms with van der Waals surface area (Å²) in [6, 6.07) is 3.71. The van der Waals surface area contributed by atoms with E-state index < -0.39 is 0 Å². The van der Waals surface area contributed by atoms with E-state index in [-0.39, 0.29) is 5.91 Å². The van der Waals surface area contributed by atoms with Gasteiger partial charge >= 0.3 is 0 Å². The molecule has 1 aliphatic rings. The minimum atomic E-state index is 0.0856. The van der Waals surface area contributed by atoms with Gasteiger partial charge in [0.1, 0.15) is 5.82 Å². The summed E-state index contributed by atoms with van der Waals surface area (Å²) in [5.41, 5.74) is 6.59. The number of hydrogen-bond donors (Lipinski definition) is 2. The highest BCUT2D eigenvalue weighted by atomic mass is 16.1. The highest BCUT2D eigenvalue weighted by molar-refractivity contribution is 5.75. The van der Waals surface area contributed by atoms with Crippen LogP contribution in [0.15, 0.2) is 18.3 Å². The Morgan fingerprint density at radius 2 is 2.21 bits per heavy atom. The van der Waals surface area contributed by atoms with Gasteiger partial charge in [0, 0.05) is 24.7 Å².